The Morgan fingerprint density at radius 2 is 2.00 bits per heavy atom. The molecule has 1 aromatic heterocycles. The van der Waals surface area contributed by atoms with Gasteiger partial charge in [-0.3, -0.25) is 4.79 Å². The van der Waals surface area contributed by atoms with Gasteiger partial charge in [0.2, 0.25) is 0 Å². The van der Waals surface area contributed by atoms with Gasteiger partial charge >= 0.3 is 0 Å². The minimum Gasteiger partial charge on any atom is -0.633 e. The van der Waals surface area contributed by atoms with Crippen molar-refractivity contribution in [3.05, 3.63) is 38.9 Å². The van der Waals surface area contributed by atoms with E-state index in [0.717, 1.165) is 6.07 Å². The Balaban J connectivity index is 2.24. The van der Waals surface area contributed by atoms with Crippen molar-refractivity contribution in [1.82, 2.24) is 0 Å². The van der Waals surface area contributed by atoms with Crippen molar-refractivity contribution >= 4 is 11.0 Å². The molecule has 0 spiro atoms. The van der Waals surface area contributed by atoms with Crippen molar-refractivity contribution < 1.29 is 24.4 Å². The maximum Gasteiger partial charge on any atom is 0.196 e. The van der Waals surface area contributed by atoms with Crippen molar-refractivity contribution in [3.63, 3.8) is 0 Å². The molecule has 0 bridgehead atoms. The van der Waals surface area contributed by atoms with Crippen LogP contribution in [0.25, 0.3) is 11.0 Å². The molecule has 1 fully saturated rings. The zero-order chi connectivity index (χ0) is 16.9. The van der Waals surface area contributed by atoms with Crippen LogP contribution < -0.4 is 5.43 Å². The second-order valence-electron chi connectivity index (χ2n) is 6.42. The zero-order valence-corrected chi connectivity index (χ0v) is 12.9. The van der Waals surface area contributed by atoms with Gasteiger partial charge in [0.25, 0.3) is 0 Å². The SMILES string of the molecule is Cc1cc(=O)c2c(O)cc(O)c([C@H]3CC[N+](C)([O-])C[C@H]3O)c2o1. The number of aryl methyl sites for hydroxylation is 1. The van der Waals surface area contributed by atoms with Crippen LogP contribution >= 0.6 is 0 Å². The third-order valence-electron chi connectivity index (χ3n) is 4.44. The first-order valence-electron chi connectivity index (χ1n) is 7.42. The average molecular weight is 321 g/mol. The Morgan fingerprint density at radius 1 is 1.30 bits per heavy atom. The van der Waals surface area contributed by atoms with Crippen molar-refractivity contribution in [1.29, 1.82) is 0 Å². The highest BCUT2D eigenvalue weighted by Gasteiger charge is 2.36. The first kappa shape index (κ1) is 15.8. The number of phenolic OH excluding ortho intramolecular Hbond substituents is 2. The predicted molar refractivity (Wildman–Crippen MR) is 83.2 cm³/mol. The molecule has 23 heavy (non-hydrogen) atoms. The molecule has 1 unspecified atom stereocenters. The summed E-state index contributed by atoms with van der Waals surface area (Å²) in [6.07, 6.45) is -0.637. The molecule has 1 aliphatic rings. The molecular formula is C16H19NO6. The van der Waals surface area contributed by atoms with E-state index < -0.39 is 22.1 Å². The number of likely N-dealkylation sites (tertiary alicyclic amines) is 1. The number of hydroxylamine groups is 3. The highest BCUT2D eigenvalue weighted by atomic mass is 16.5. The number of benzene rings is 1. The number of hydrogen-bond acceptors (Lipinski definition) is 6. The van der Waals surface area contributed by atoms with E-state index in [1.807, 2.05) is 0 Å². The number of likely N-dealkylation sites (N-methyl/N-ethyl adjacent to an activating group) is 1. The standard InChI is InChI=1S/C16H19NO6/c1-8-5-10(18)15-12(20)6-11(19)14(16(15)23-8)9-3-4-17(2,22)7-13(9)21/h5-6,9,13,19-21H,3-4,7H2,1-2H3/t9-,13+,17?/m0/s1. The number of rotatable bonds is 1. The quantitative estimate of drug-likeness (QED) is 0.539. The molecule has 3 atom stereocenters. The smallest absolute Gasteiger partial charge is 0.196 e. The molecular weight excluding hydrogens is 302 g/mol. The summed E-state index contributed by atoms with van der Waals surface area (Å²) >= 11 is 0. The number of quaternary nitrogens is 1. The fourth-order valence-electron chi connectivity index (χ4n) is 3.35. The van der Waals surface area contributed by atoms with E-state index in [9.17, 15) is 25.3 Å². The molecule has 7 nitrogen and oxygen atoms in total. The minimum atomic E-state index is -0.976. The number of aliphatic hydroxyl groups is 1. The van der Waals surface area contributed by atoms with Crippen molar-refractivity contribution in [2.45, 2.75) is 25.4 Å². The molecule has 1 aliphatic heterocycles. The lowest BCUT2D eigenvalue weighted by Crippen LogP contribution is -2.51. The molecule has 0 saturated carbocycles. The minimum absolute atomic E-state index is 0.0114. The monoisotopic (exact) mass is 321 g/mol. The number of phenols is 2. The fourth-order valence-corrected chi connectivity index (χ4v) is 3.35. The lowest BCUT2D eigenvalue weighted by Gasteiger charge is -2.46. The Hall–Kier alpha value is -2.09. The van der Waals surface area contributed by atoms with Gasteiger partial charge in [-0.05, 0) is 6.92 Å². The normalized spacial score (nSPS) is 28.2. The third-order valence-corrected chi connectivity index (χ3v) is 4.44. The highest BCUT2D eigenvalue weighted by molar-refractivity contribution is 5.88. The molecule has 1 aromatic carbocycles. The molecule has 0 amide bonds. The molecule has 0 radical (unpaired) electrons. The molecule has 3 rings (SSSR count). The number of piperidine rings is 1. The van der Waals surface area contributed by atoms with E-state index in [0.29, 0.717) is 12.2 Å². The fraction of sp³-hybridized carbons (Fsp3) is 0.438. The largest absolute Gasteiger partial charge is 0.633 e. The van der Waals surface area contributed by atoms with Crippen LogP contribution in [0, 0.1) is 12.1 Å². The topological polar surface area (TPSA) is 114 Å². The maximum atomic E-state index is 12.1. The van der Waals surface area contributed by atoms with Crippen LogP contribution in [0.5, 0.6) is 11.5 Å². The third kappa shape index (κ3) is 2.67. The van der Waals surface area contributed by atoms with Crippen LogP contribution in [-0.2, 0) is 0 Å². The van der Waals surface area contributed by atoms with Gasteiger partial charge in [-0.25, -0.2) is 0 Å². The van der Waals surface area contributed by atoms with Crippen LogP contribution in [0.15, 0.2) is 21.3 Å². The summed E-state index contributed by atoms with van der Waals surface area (Å²) in [6, 6.07) is 2.34. The maximum absolute atomic E-state index is 12.1. The van der Waals surface area contributed by atoms with Crippen molar-refractivity contribution in [3.8, 4) is 11.5 Å². The van der Waals surface area contributed by atoms with Crippen LogP contribution in [0.4, 0.5) is 0 Å². The van der Waals surface area contributed by atoms with Gasteiger partial charge in [-0.1, -0.05) is 0 Å². The number of nitrogens with zero attached hydrogens (tertiary/aromatic N) is 1. The summed E-state index contributed by atoms with van der Waals surface area (Å²) in [5, 5.41) is 42.6. The summed E-state index contributed by atoms with van der Waals surface area (Å²) in [5.74, 6) is -0.828. The summed E-state index contributed by atoms with van der Waals surface area (Å²) in [4.78, 5) is 12.1. The van der Waals surface area contributed by atoms with Gasteiger partial charge in [-0.2, -0.15) is 0 Å². The lowest BCUT2D eigenvalue weighted by molar-refractivity contribution is -0.870. The molecule has 0 aliphatic carbocycles. The lowest BCUT2D eigenvalue weighted by atomic mass is 9.85. The van der Waals surface area contributed by atoms with Gasteiger partial charge in [0.15, 0.2) is 5.43 Å². The van der Waals surface area contributed by atoms with Crippen molar-refractivity contribution in [2.24, 2.45) is 0 Å². The van der Waals surface area contributed by atoms with Gasteiger partial charge < -0.3 is 29.6 Å². The molecule has 124 valence electrons. The summed E-state index contributed by atoms with van der Waals surface area (Å²) in [7, 11) is 1.48. The Bertz CT molecular complexity index is 825. The number of fused-ring (bicyclic) bond motifs is 1. The van der Waals surface area contributed by atoms with E-state index in [-0.39, 0.29) is 41.1 Å². The van der Waals surface area contributed by atoms with E-state index in [4.69, 9.17) is 4.42 Å². The summed E-state index contributed by atoms with van der Waals surface area (Å²) in [5.41, 5.74) is -0.0819. The van der Waals surface area contributed by atoms with Gasteiger partial charge in [-0.15, -0.1) is 0 Å². The molecule has 3 N–H and O–H groups in total. The molecule has 2 aromatic rings. The van der Waals surface area contributed by atoms with E-state index in [1.54, 1.807) is 6.92 Å². The molecule has 7 heteroatoms. The predicted octanol–water partition coefficient (Wildman–Crippen LogP) is 1.31. The number of aliphatic hydroxyl groups excluding tert-OH is 1. The van der Waals surface area contributed by atoms with Gasteiger partial charge in [0.05, 0.1) is 13.6 Å². The van der Waals surface area contributed by atoms with Crippen molar-refractivity contribution in [2.75, 3.05) is 20.1 Å². The highest BCUT2D eigenvalue weighted by Crippen LogP contribution is 2.42. The summed E-state index contributed by atoms with van der Waals surface area (Å²) < 4.78 is 5.02. The van der Waals surface area contributed by atoms with Gasteiger partial charge in [0.1, 0.15) is 40.9 Å². The van der Waals surface area contributed by atoms with E-state index in [1.165, 1.54) is 13.1 Å². The first-order chi connectivity index (χ1) is 10.7. The van der Waals surface area contributed by atoms with Crippen LogP contribution in [0.1, 0.15) is 23.7 Å². The van der Waals surface area contributed by atoms with E-state index in [2.05, 4.69) is 0 Å². The van der Waals surface area contributed by atoms with Crippen LogP contribution in [-0.4, -0.2) is 46.2 Å². The number of hydrogen-bond donors (Lipinski definition) is 3. The average Bonchev–Trinajstić information content (AvgIpc) is 2.38. The molecule has 2 heterocycles. The Labute approximate surface area is 132 Å². The first-order valence-corrected chi connectivity index (χ1v) is 7.42. The van der Waals surface area contributed by atoms with Crippen LogP contribution in [0.3, 0.4) is 0 Å². The Kier molecular flexibility index (Phi) is 3.59. The number of aromatic hydroxyl groups is 2. The van der Waals surface area contributed by atoms with Crippen LogP contribution in [0.2, 0.25) is 0 Å². The zero-order valence-electron chi connectivity index (χ0n) is 12.9. The second kappa shape index (κ2) is 5.23. The Morgan fingerprint density at radius 3 is 2.65 bits per heavy atom. The second-order valence-corrected chi connectivity index (χ2v) is 6.42. The summed E-state index contributed by atoms with van der Waals surface area (Å²) in [6.45, 7) is 1.86. The molecule has 1 saturated heterocycles. The van der Waals surface area contributed by atoms with E-state index >= 15 is 0 Å². The van der Waals surface area contributed by atoms with Gasteiger partial charge in [0, 0.05) is 30.0 Å².